The first-order chi connectivity index (χ1) is 10.7. The van der Waals surface area contributed by atoms with E-state index in [1.54, 1.807) is 0 Å². The van der Waals surface area contributed by atoms with Crippen LogP contribution in [0.4, 0.5) is 0 Å². The summed E-state index contributed by atoms with van der Waals surface area (Å²) >= 11 is 0. The molecule has 0 bridgehead atoms. The highest BCUT2D eigenvalue weighted by atomic mass is 16.5. The van der Waals surface area contributed by atoms with Crippen molar-refractivity contribution in [2.75, 3.05) is 20.2 Å². The van der Waals surface area contributed by atoms with Crippen molar-refractivity contribution in [1.29, 1.82) is 0 Å². The number of methoxy groups -OCH3 is 1. The number of carbonyl (C=O) groups is 1. The van der Waals surface area contributed by atoms with Crippen molar-refractivity contribution in [3.63, 3.8) is 0 Å². The van der Waals surface area contributed by atoms with E-state index in [1.165, 1.54) is 12.7 Å². The van der Waals surface area contributed by atoms with Crippen LogP contribution < -0.4 is 0 Å². The fourth-order valence-corrected chi connectivity index (χ4v) is 2.96. The first-order valence-corrected chi connectivity index (χ1v) is 7.57. The summed E-state index contributed by atoms with van der Waals surface area (Å²) in [7, 11) is 1.45. The summed E-state index contributed by atoms with van der Waals surface area (Å²) in [4.78, 5) is 16.8. The first kappa shape index (κ1) is 16.3. The van der Waals surface area contributed by atoms with Crippen LogP contribution in [0.2, 0.25) is 0 Å². The number of ether oxygens (including phenoxy) is 1. The number of piperidine rings is 1. The van der Waals surface area contributed by atoms with Gasteiger partial charge in [0.2, 0.25) is 0 Å². The number of hydrogen-bond donors (Lipinski definition) is 0. The number of rotatable bonds is 5. The van der Waals surface area contributed by atoms with Gasteiger partial charge in [0.05, 0.1) is 19.6 Å². The molecule has 0 saturated carbocycles. The van der Waals surface area contributed by atoms with Crippen LogP contribution in [-0.4, -0.2) is 31.1 Å². The topological polar surface area (TPSA) is 78.3 Å². The van der Waals surface area contributed by atoms with E-state index in [2.05, 4.69) is 34.0 Å². The lowest BCUT2D eigenvalue weighted by Crippen LogP contribution is -2.38. The monoisotopic (exact) mass is 302 g/mol. The largest absolute Gasteiger partial charge is 0.469 e. The highest BCUT2D eigenvalue weighted by molar-refractivity contribution is 5.72. The number of nitrogens with zero attached hydrogens (tertiary/aromatic N) is 4. The molecular weight excluding hydrogens is 280 g/mol. The van der Waals surface area contributed by atoms with Crippen LogP contribution in [0.15, 0.2) is 29.4 Å². The Morgan fingerprint density at radius 3 is 2.86 bits per heavy atom. The van der Waals surface area contributed by atoms with E-state index in [0.29, 0.717) is 6.54 Å². The van der Waals surface area contributed by atoms with Gasteiger partial charge in [-0.05, 0) is 49.5 Å². The second-order valence-electron chi connectivity index (χ2n) is 5.64. The minimum absolute atomic E-state index is 0.0322. The van der Waals surface area contributed by atoms with Crippen LogP contribution in [0.3, 0.4) is 0 Å². The molecule has 1 aromatic carbocycles. The van der Waals surface area contributed by atoms with Crippen LogP contribution in [0, 0.1) is 5.92 Å². The van der Waals surface area contributed by atoms with Crippen molar-refractivity contribution in [2.24, 2.45) is 11.0 Å². The minimum atomic E-state index is -0.0938. The van der Waals surface area contributed by atoms with Crippen molar-refractivity contribution in [3.05, 3.63) is 45.8 Å². The van der Waals surface area contributed by atoms with Crippen molar-refractivity contribution < 1.29 is 9.53 Å². The van der Waals surface area contributed by atoms with Gasteiger partial charge in [0.15, 0.2) is 0 Å². The summed E-state index contributed by atoms with van der Waals surface area (Å²) < 4.78 is 4.83. The Morgan fingerprint density at radius 1 is 1.50 bits per heavy atom. The van der Waals surface area contributed by atoms with E-state index in [9.17, 15) is 4.79 Å². The number of azide groups is 1. The summed E-state index contributed by atoms with van der Waals surface area (Å²) in [6.07, 6.45) is 1.69. The van der Waals surface area contributed by atoms with E-state index in [4.69, 9.17) is 10.3 Å². The van der Waals surface area contributed by atoms with Gasteiger partial charge in [-0.1, -0.05) is 29.4 Å². The van der Waals surface area contributed by atoms with Gasteiger partial charge < -0.3 is 4.74 Å². The van der Waals surface area contributed by atoms with Crippen LogP contribution in [-0.2, 0) is 16.1 Å². The first-order valence-electron chi connectivity index (χ1n) is 7.57. The molecule has 1 aliphatic rings. The van der Waals surface area contributed by atoms with Crippen LogP contribution in [0.25, 0.3) is 10.4 Å². The molecule has 0 unspecified atom stereocenters. The lowest BCUT2D eigenvalue weighted by Gasteiger charge is -2.35. The second-order valence-corrected chi connectivity index (χ2v) is 5.64. The molecule has 1 aliphatic heterocycles. The smallest absolute Gasteiger partial charge is 0.308 e. The highest BCUT2D eigenvalue weighted by Crippen LogP contribution is 2.27. The molecular formula is C16H22N4O2. The third-order valence-electron chi connectivity index (χ3n) is 4.36. The van der Waals surface area contributed by atoms with Crippen molar-refractivity contribution >= 4 is 5.97 Å². The standard InChI is InChI=1S/C16H22N4O2/c1-12(15-5-3-4-13(10-15)11-18-19-17)20-8-6-14(7-9-20)16(21)22-2/h3-5,10,12,14H,6-9,11H2,1-2H3/t12-/m1/s1. The molecule has 1 saturated heterocycles. The number of benzene rings is 1. The molecule has 0 amide bonds. The molecule has 1 aromatic rings. The number of esters is 1. The van der Waals surface area contributed by atoms with Gasteiger partial charge >= 0.3 is 5.97 Å². The maximum Gasteiger partial charge on any atom is 0.308 e. The van der Waals surface area contributed by atoms with Gasteiger partial charge in [0, 0.05) is 11.0 Å². The number of carbonyl (C=O) groups excluding carboxylic acids is 1. The summed E-state index contributed by atoms with van der Waals surface area (Å²) in [5.41, 5.74) is 10.6. The normalized spacial score (nSPS) is 17.5. The average Bonchev–Trinajstić information content (AvgIpc) is 2.59. The van der Waals surface area contributed by atoms with Gasteiger partial charge in [0.1, 0.15) is 0 Å². The van der Waals surface area contributed by atoms with E-state index < -0.39 is 0 Å². The average molecular weight is 302 g/mol. The Morgan fingerprint density at radius 2 is 2.23 bits per heavy atom. The third-order valence-corrected chi connectivity index (χ3v) is 4.36. The Hall–Kier alpha value is -2.04. The van der Waals surface area contributed by atoms with Crippen LogP contribution in [0.1, 0.15) is 36.9 Å². The summed E-state index contributed by atoms with van der Waals surface area (Å²) in [5, 5.41) is 3.61. The van der Waals surface area contributed by atoms with Crippen LogP contribution in [0.5, 0.6) is 0 Å². The summed E-state index contributed by atoms with van der Waals surface area (Å²) in [6.45, 7) is 4.33. The molecule has 0 N–H and O–H groups in total. The van der Waals surface area contributed by atoms with Crippen molar-refractivity contribution in [1.82, 2.24) is 4.90 Å². The molecule has 6 heteroatoms. The maximum absolute atomic E-state index is 11.6. The SMILES string of the molecule is COC(=O)C1CCN([C@H](C)c2cccc(CN=[N+]=[N-])c2)CC1. The number of hydrogen-bond acceptors (Lipinski definition) is 4. The quantitative estimate of drug-likeness (QED) is 0.362. The zero-order valence-corrected chi connectivity index (χ0v) is 13.1. The zero-order valence-electron chi connectivity index (χ0n) is 13.1. The minimum Gasteiger partial charge on any atom is -0.469 e. The highest BCUT2D eigenvalue weighted by Gasteiger charge is 2.28. The Balaban J connectivity index is 1.99. The Kier molecular flexibility index (Phi) is 5.81. The molecule has 1 atom stereocenters. The van der Waals surface area contributed by atoms with E-state index in [1.807, 2.05) is 12.1 Å². The van der Waals surface area contributed by atoms with Gasteiger partial charge in [-0.3, -0.25) is 9.69 Å². The number of likely N-dealkylation sites (tertiary alicyclic amines) is 1. The molecule has 1 heterocycles. The fourth-order valence-electron chi connectivity index (χ4n) is 2.96. The van der Waals surface area contributed by atoms with Gasteiger partial charge in [-0.15, -0.1) is 0 Å². The molecule has 0 radical (unpaired) electrons. The molecule has 0 aliphatic carbocycles. The third kappa shape index (κ3) is 4.00. The second kappa shape index (κ2) is 7.82. The molecule has 22 heavy (non-hydrogen) atoms. The lowest BCUT2D eigenvalue weighted by molar-refractivity contribution is -0.147. The zero-order chi connectivity index (χ0) is 15.9. The predicted molar refractivity (Wildman–Crippen MR) is 84.0 cm³/mol. The lowest BCUT2D eigenvalue weighted by atomic mass is 9.94. The van der Waals surface area contributed by atoms with Crippen molar-refractivity contribution in [2.45, 2.75) is 32.4 Å². The van der Waals surface area contributed by atoms with Crippen molar-refractivity contribution in [3.8, 4) is 0 Å². The molecule has 6 nitrogen and oxygen atoms in total. The van der Waals surface area contributed by atoms with E-state index >= 15 is 0 Å². The fraction of sp³-hybridized carbons (Fsp3) is 0.562. The Labute approximate surface area is 130 Å². The molecule has 118 valence electrons. The summed E-state index contributed by atoms with van der Waals surface area (Å²) in [5.74, 6) is -0.0617. The van der Waals surface area contributed by atoms with E-state index in [-0.39, 0.29) is 17.9 Å². The van der Waals surface area contributed by atoms with Gasteiger partial charge in [-0.2, -0.15) is 0 Å². The molecule has 0 spiro atoms. The van der Waals surface area contributed by atoms with E-state index in [0.717, 1.165) is 31.5 Å². The maximum atomic E-state index is 11.6. The van der Waals surface area contributed by atoms with Crippen LogP contribution >= 0.6 is 0 Å². The molecule has 0 aromatic heterocycles. The molecule has 1 fully saturated rings. The predicted octanol–water partition coefficient (Wildman–Crippen LogP) is 3.44. The molecule has 2 rings (SSSR count). The summed E-state index contributed by atoms with van der Waals surface area (Å²) in [6, 6.07) is 8.43. The van der Waals surface area contributed by atoms with Gasteiger partial charge in [0.25, 0.3) is 0 Å². The van der Waals surface area contributed by atoms with Gasteiger partial charge in [-0.25, -0.2) is 0 Å². The Bertz CT molecular complexity index is 561.